The molecule has 1 amide bonds. The first-order valence-corrected chi connectivity index (χ1v) is 8.34. The molecular formula is C18H30N4O2. The number of carbonyl (C=O) groups excluding carboxylic acids is 1. The fourth-order valence-corrected chi connectivity index (χ4v) is 2.20. The average molecular weight is 334 g/mol. The van der Waals surface area contributed by atoms with E-state index in [2.05, 4.69) is 22.5 Å². The fourth-order valence-electron chi connectivity index (χ4n) is 2.20. The second kappa shape index (κ2) is 10.5. The highest BCUT2D eigenvalue weighted by Crippen LogP contribution is 2.12. The minimum absolute atomic E-state index is 0.0603. The van der Waals surface area contributed by atoms with Crippen LogP contribution in [0.2, 0.25) is 0 Å². The molecule has 0 aliphatic rings. The van der Waals surface area contributed by atoms with Crippen LogP contribution in [-0.4, -0.2) is 50.6 Å². The Kier molecular flexibility index (Phi) is 8.68. The first-order valence-electron chi connectivity index (χ1n) is 8.34. The van der Waals surface area contributed by atoms with Crippen LogP contribution in [-0.2, 0) is 11.3 Å². The van der Waals surface area contributed by atoms with Gasteiger partial charge in [0.25, 0.3) is 0 Å². The molecule has 1 aromatic carbocycles. The van der Waals surface area contributed by atoms with E-state index in [0.29, 0.717) is 13.0 Å². The zero-order chi connectivity index (χ0) is 17.9. The van der Waals surface area contributed by atoms with E-state index in [0.717, 1.165) is 30.2 Å². The second-order valence-electron chi connectivity index (χ2n) is 5.80. The Morgan fingerprint density at radius 2 is 2.00 bits per heavy atom. The van der Waals surface area contributed by atoms with Gasteiger partial charge in [0.05, 0.1) is 7.11 Å². The molecule has 0 heterocycles. The molecule has 24 heavy (non-hydrogen) atoms. The lowest BCUT2D eigenvalue weighted by Crippen LogP contribution is -2.41. The van der Waals surface area contributed by atoms with Crippen LogP contribution in [0, 0.1) is 0 Å². The van der Waals surface area contributed by atoms with Gasteiger partial charge < -0.3 is 20.3 Å². The number of guanidine groups is 1. The van der Waals surface area contributed by atoms with Crippen molar-refractivity contribution >= 4 is 11.9 Å². The maximum absolute atomic E-state index is 11.8. The predicted octanol–water partition coefficient (Wildman–Crippen LogP) is 2.01. The molecule has 6 heteroatoms. The van der Waals surface area contributed by atoms with Gasteiger partial charge in [-0.15, -0.1) is 0 Å². The van der Waals surface area contributed by atoms with Gasteiger partial charge in [-0.3, -0.25) is 9.79 Å². The lowest BCUT2D eigenvalue weighted by Gasteiger charge is -2.22. The van der Waals surface area contributed by atoms with Crippen LogP contribution in [0.4, 0.5) is 0 Å². The highest BCUT2D eigenvalue weighted by Gasteiger charge is 2.09. The number of hydrogen-bond acceptors (Lipinski definition) is 3. The van der Waals surface area contributed by atoms with Crippen molar-refractivity contribution in [2.24, 2.45) is 4.99 Å². The molecule has 0 aromatic heterocycles. The van der Waals surface area contributed by atoms with Crippen molar-refractivity contribution in [2.75, 3.05) is 27.7 Å². The van der Waals surface area contributed by atoms with Crippen LogP contribution in [0.5, 0.6) is 5.75 Å². The van der Waals surface area contributed by atoms with Crippen molar-refractivity contribution in [3.63, 3.8) is 0 Å². The number of ether oxygens (including phenoxy) is 1. The van der Waals surface area contributed by atoms with Gasteiger partial charge in [0.15, 0.2) is 5.96 Å². The van der Waals surface area contributed by atoms with Gasteiger partial charge in [-0.1, -0.05) is 19.1 Å². The van der Waals surface area contributed by atoms with E-state index in [-0.39, 0.29) is 11.9 Å². The third-order valence-electron chi connectivity index (χ3n) is 3.81. The lowest BCUT2D eigenvalue weighted by molar-refractivity contribution is -0.121. The normalized spacial score (nSPS) is 12.5. The van der Waals surface area contributed by atoms with Crippen molar-refractivity contribution in [2.45, 2.75) is 39.3 Å². The standard InChI is InChI=1S/C18H30N4O2/c1-6-14(2)21-17(23)11-12-20-18(19-3)22(4)13-15-7-9-16(24-5)10-8-15/h7-10,14H,6,11-13H2,1-5H3,(H,19,20)(H,21,23). The predicted molar refractivity (Wildman–Crippen MR) is 98.3 cm³/mol. The molecule has 1 aromatic rings. The van der Waals surface area contributed by atoms with E-state index >= 15 is 0 Å². The molecule has 0 bridgehead atoms. The first-order chi connectivity index (χ1) is 11.5. The fraction of sp³-hybridized carbons (Fsp3) is 0.556. The maximum atomic E-state index is 11.8. The SMILES string of the molecule is CCC(C)NC(=O)CCNC(=NC)N(C)Cc1ccc(OC)cc1. The number of hydrogen-bond donors (Lipinski definition) is 2. The summed E-state index contributed by atoms with van der Waals surface area (Å²) in [5.41, 5.74) is 1.16. The summed E-state index contributed by atoms with van der Waals surface area (Å²) in [6.45, 7) is 5.34. The molecule has 1 rings (SSSR count). The molecule has 0 saturated carbocycles. The van der Waals surface area contributed by atoms with Crippen LogP contribution < -0.4 is 15.4 Å². The largest absolute Gasteiger partial charge is 0.497 e. The van der Waals surface area contributed by atoms with E-state index in [1.54, 1.807) is 14.2 Å². The van der Waals surface area contributed by atoms with Crippen LogP contribution in [0.3, 0.4) is 0 Å². The maximum Gasteiger partial charge on any atom is 0.221 e. The van der Waals surface area contributed by atoms with E-state index in [1.807, 2.05) is 43.1 Å². The number of carbonyl (C=O) groups is 1. The Hall–Kier alpha value is -2.24. The summed E-state index contributed by atoms with van der Waals surface area (Å²) >= 11 is 0. The number of nitrogens with zero attached hydrogens (tertiary/aromatic N) is 2. The summed E-state index contributed by atoms with van der Waals surface area (Å²) in [5.74, 6) is 1.67. The Labute approximate surface area is 145 Å². The van der Waals surface area contributed by atoms with Crippen molar-refractivity contribution < 1.29 is 9.53 Å². The molecule has 0 aliphatic heterocycles. The molecule has 6 nitrogen and oxygen atoms in total. The number of aliphatic imine (C=N–C) groups is 1. The van der Waals surface area contributed by atoms with Crippen molar-refractivity contribution in [1.82, 2.24) is 15.5 Å². The second-order valence-corrected chi connectivity index (χ2v) is 5.80. The minimum Gasteiger partial charge on any atom is -0.497 e. The summed E-state index contributed by atoms with van der Waals surface area (Å²) in [5, 5.41) is 6.18. The topological polar surface area (TPSA) is 66.0 Å². The lowest BCUT2D eigenvalue weighted by atomic mass is 10.2. The number of nitrogens with one attached hydrogen (secondary N) is 2. The molecule has 1 unspecified atom stereocenters. The van der Waals surface area contributed by atoms with Crippen molar-refractivity contribution in [1.29, 1.82) is 0 Å². The molecule has 1 atom stereocenters. The number of benzene rings is 1. The highest BCUT2D eigenvalue weighted by molar-refractivity contribution is 5.81. The third-order valence-corrected chi connectivity index (χ3v) is 3.81. The van der Waals surface area contributed by atoms with Crippen LogP contribution in [0.25, 0.3) is 0 Å². The van der Waals surface area contributed by atoms with Crippen LogP contribution in [0.1, 0.15) is 32.3 Å². The van der Waals surface area contributed by atoms with E-state index in [4.69, 9.17) is 4.74 Å². The summed E-state index contributed by atoms with van der Waals surface area (Å²) in [6.07, 6.45) is 1.37. The number of rotatable bonds is 8. The van der Waals surface area contributed by atoms with Crippen molar-refractivity contribution in [3.8, 4) is 5.75 Å². The van der Waals surface area contributed by atoms with Gasteiger partial charge in [-0.05, 0) is 31.0 Å². The summed E-state index contributed by atoms with van der Waals surface area (Å²) in [6, 6.07) is 8.16. The minimum atomic E-state index is 0.0603. The van der Waals surface area contributed by atoms with Crippen LogP contribution >= 0.6 is 0 Å². The summed E-state index contributed by atoms with van der Waals surface area (Å²) < 4.78 is 5.17. The Bertz CT molecular complexity index is 528. The van der Waals surface area contributed by atoms with Gasteiger partial charge in [-0.25, -0.2) is 0 Å². The quantitative estimate of drug-likeness (QED) is 0.564. The zero-order valence-corrected chi connectivity index (χ0v) is 15.4. The Balaban J connectivity index is 2.43. The molecule has 0 spiro atoms. The van der Waals surface area contributed by atoms with Gasteiger partial charge >= 0.3 is 0 Å². The van der Waals surface area contributed by atoms with Gasteiger partial charge in [-0.2, -0.15) is 0 Å². The summed E-state index contributed by atoms with van der Waals surface area (Å²) in [7, 11) is 5.37. The smallest absolute Gasteiger partial charge is 0.221 e. The third kappa shape index (κ3) is 6.89. The molecular weight excluding hydrogens is 304 g/mol. The van der Waals surface area contributed by atoms with Crippen molar-refractivity contribution in [3.05, 3.63) is 29.8 Å². The molecule has 0 aliphatic carbocycles. The van der Waals surface area contributed by atoms with Gasteiger partial charge in [0.1, 0.15) is 5.75 Å². The number of amides is 1. The monoisotopic (exact) mass is 334 g/mol. The van der Waals surface area contributed by atoms with E-state index in [1.165, 1.54) is 0 Å². The Morgan fingerprint density at radius 3 is 2.54 bits per heavy atom. The molecule has 2 N–H and O–H groups in total. The molecule has 0 saturated heterocycles. The van der Waals surface area contributed by atoms with Gasteiger partial charge in [0.2, 0.25) is 5.91 Å². The summed E-state index contributed by atoms with van der Waals surface area (Å²) in [4.78, 5) is 18.1. The van der Waals surface area contributed by atoms with Crippen LogP contribution in [0.15, 0.2) is 29.3 Å². The number of methoxy groups -OCH3 is 1. The molecule has 0 fully saturated rings. The zero-order valence-electron chi connectivity index (χ0n) is 15.4. The first kappa shape index (κ1) is 19.8. The molecule has 0 radical (unpaired) electrons. The van der Waals surface area contributed by atoms with E-state index in [9.17, 15) is 4.79 Å². The highest BCUT2D eigenvalue weighted by atomic mass is 16.5. The van der Waals surface area contributed by atoms with Gasteiger partial charge in [0, 0.05) is 39.6 Å². The molecule has 134 valence electrons. The van der Waals surface area contributed by atoms with E-state index < -0.39 is 0 Å². The average Bonchev–Trinajstić information content (AvgIpc) is 2.59. The Morgan fingerprint density at radius 1 is 1.33 bits per heavy atom.